The Morgan fingerprint density at radius 3 is 2.70 bits per heavy atom. The van der Waals surface area contributed by atoms with Gasteiger partial charge in [0.1, 0.15) is 18.9 Å². The van der Waals surface area contributed by atoms with Crippen LogP contribution in [0.4, 0.5) is 13.2 Å². The van der Waals surface area contributed by atoms with Gasteiger partial charge in [0.05, 0.1) is 23.4 Å². The van der Waals surface area contributed by atoms with E-state index in [1.165, 1.54) is 37.5 Å². The number of aromatic nitrogens is 1. The van der Waals surface area contributed by atoms with Crippen LogP contribution in [-0.4, -0.2) is 48.3 Å². The first-order chi connectivity index (χ1) is 12.7. The molecule has 0 fully saturated rings. The first kappa shape index (κ1) is 21.2. The van der Waals surface area contributed by atoms with Crippen molar-refractivity contribution < 1.29 is 27.4 Å². The maximum absolute atomic E-state index is 12.9. The van der Waals surface area contributed by atoms with E-state index in [0.29, 0.717) is 5.75 Å². The molecule has 148 valence electrons. The van der Waals surface area contributed by atoms with Gasteiger partial charge >= 0.3 is 6.18 Å². The number of amides is 1. The minimum atomic E-state index is -4.51. The van der Waals surface area contributed by atoms with E-state index in [-0.39, 0.29) is 18.8 Å². The second-order valence-electron chi connectivity index (χ2n) is 6.03. The SMILES string of the molecule is COCC(C)N(CC(F)(F)F)C(=O)c1cccc(OCc2csc(C)n2)c1. The number of hydrogen-bond acceptors (Lipinski definition) is 5. The number of carbonyl (C=O) groups excluding carboxylic acids is 1. The Bertz CT molecular complexity index is 764. The van der Waals surface area contributed by atoms with Crippen LogP contribution in [0.2, 0.25) is 0 Å². The number of carbonyl (C=O) groups is 1. The van der Waals surface area contributed by atoms with Crippen molar-refractivity contribution in [1.82, 2.24) is 9.88 Å². The van der Waals surface area contributed by atoms with Gasteiger partial charge in [0, 0.05) is 18.1 Å². The number of methoxy groups -OCH3 is 1. The zero-order valence-corrected chi connectivity index (χ0v) is 16.1. The lowest BCUT2D eigenvalue weighted by Gasteiger charge is -2.29. The van der Waals surface area contributed by atoms with Gasteiger partial charge in [0.25, 0.3) is 5.91 Å². The van der Waals surface area contributed by atoms with Crippen LogP contribution in [0.1, 0.15) is 28.0 Å². The van der Waals surface area contributed by atoms with Crippen LogP contribution < -0.4 is 4.74 Å². The highest BCUT2D eigenvalue weighted by Gasteiger charge is 2.35. The van der Waals surface area contributed by atoms with Crippen molar-refractivity contribution >= 4 is 17.2 Å². The molecule has 2 aromatic rings. The molecule has 1 atom stereocenters. The van der Waals surface area contributed by atoms with Crippen molar-refractivity contribution in [2.75, 3.05) is 20.3 Å². The second-order valence-corrected chi connectivity index (χ2v) is 7.09. The van der Waals surface area contributed by atoms with Gasteiger partial charge in [0.15, 0.2) is 0 Å². The third-order valence-electron chi connectivity index (χ3n) is 3.68. The molecule has 5 nitrogen and oxygen atoms in total. The predicted octanol–water partition coefficient (Wildman–Crippen LogP) is 4.07. The molecule has 1 aromatic heterocycles. The van der Waals surface area contributed by atoms with Crippen molar-refractivity contribution in [2.24, 2.45) is 0 Å². The molecule has 2 rings (SSSR count). The fourth-order valence-corrected chi connectivity index (χ4v) is 3.07. The molecule has 0 bridgehead atoms. The van der Waals surface area contributed by atoms with Crippen LogP contribution in [0.3, 0.4) is 0 Å². The van der Waals surface area contributed by atoms with Gasteiger partial charge in [-0.15, -0.1) is 11.3 Å². The molecule has 27 heavy (non-hydrogen) atoms. The average Bonchev–Trinajstić information content (AvgIpc) is 3.02. The van der Waals surface area contributed by atoms with E-state index in [9.17, 15) is 18.0 Å². The van der Waals surface area contributed by atoms with Crippen LogP contribution in [0.5, 0.6) is 5.75 Å². The third kappa shape index (κ3) is 6.51. The number of thiazole rings is 1. The van der Waals surface area contributed by atoms with E-state index in [0.717, 1.165) is 15.6 Å². The minimum Gasteiger partial charge on any atom is -0.487 e. The number of alkyl halides is 3. The van der Waals surface area contributed by atoms with Gasteiger partial charge in [0.2, 0.25) is 0 Å². The number of halogens is 3. The largest absolute Gasteiger partial charge is 0.487 e. The smallest absolute Gasteiger partial charge is 0.406 e. The fourth-order valence-electron chi connectivity index (χ4n) is 2.47. The molecule has 1 aromatic carbocycles. The van der Waals surface area contributed by atoms with Crippen LogP contribution in [0, 0.1) is 6.92 Å². The van der Waals surface area contributed by atoms with Gasteiger partial charge in [-0.05, 0) is 32.0 Å². The Balaban J connectivity index is 2.14. The molecule has 1 heterocycles. The molecule has 0 saturated carbocycles. The molecule has 0 saturated heterocycles. The lowest BCUT2D eigenvalue weighted by molar-refractivity contribution is -0.145. The second kappa shape index (κ2) is 9.18. The lowest BCUT2D eigenvalue weighted by Crippen LogP contribution is -2.46. The number of aryl methyl sites for hydroxylation is 1. The van der Waals surface area contributed by atoms with Gasteiger partial charge in [-0.2, -0.15) is 13.2 Å². The summed E-state index contributed by atoms with van der Waals surface area (Å²) < 4.78 is 49.2. The predicted molar refractivity (Wildman–Crippen MR) is 96.1 cm³/mol. The minimum absolute atomic E-state index is 0.00118. The van der Waals surface area contributed by atoms with Gasteiger partial charge in [-0.3, -0.25) is 4.79 Å². The highest BCUT2D eigenvalue weighted by molar-refractivity contribution is 7.09. The first-order valence-electron chi connectivity index (χ1n) is 8.20. The lowest BCUT2D eigenvalue weighted by atomic mass is 10.1. The van der Waals surface area contributed by atoms with Gasteiger partial charge in [-0.25, -0.2) is 4.98 Å². The maximum Gasteiger partial charge on any atom is 0.406 e. The molecule has 0 spiro atoms. The molecule has 0 aliphatic carbocycles. The Kier molecular flexibility index (Phi) is 7.20. The van der Waals surface area contributed by atoms with Crippen LogP contribution in [-0.2, 0) is 11.3 Å². The van der Waals surface area contributed by atoms with Crippen molar-refractivity contribution in [1.29, 1.82) is 0 Å². The average molecular weight is 402 g/mol. The molecule has 1 unspecified atom stereocenters. The van der Waals surface area contributed by atoms with Gasteiger partial charge in [-0.1, -0.05) is 6.07 Å². The third-order valence-corrected chi connectivity index (χ3v) is 4.51. The molecule has 0 aliphatic heterocycles. The van der Waals surface area contributed by atoms with Crippen molar-refractivity contribution in [3.05, 3.63) is 45.9 Å². The van der Waals surface area contributed by atoms with Crippen LogP contribution >= 0.6 is 11.3 Å². The number of benzene rings is 1. The van der Waals surface area contributed by atoms with Gasteiger partial charge < -0.3 is 14.4 Å². The van der Waals surface area contributed by atoms with E-state index in [1.54, 1.807) is 12.1 Å². The van der Waals surface area contributed by atoms with E-state index in [1.807, 2.05) is 12.3 Å². The summed E-state index contributed by atoms with van der Waals surface area (Å²) in [5.41, 5.74) is 0.871. The molecule has 0 radical (unpaired) electrons. The quantitative estimate of drug-likeness (QED) is 0.668. The maximum atomic E-state index is 12.9. The van der Waals surface area contributed by atoms with Crippen molar-refractivity contribution in [3.8, 4) is 5.75 Å². The summed E-state index contributed by atoms with van der Waals surface area (Å²) in [6, 6.07) is 5.38. The fraction of sp³-hybridized carbons (Fsp3) is 0.444. The summed E-state index contributed by atoms with van der Waals surface area (Å²) in [6.45, 7) is 2.26. The molecule has 0 N–H and O–H groups in total. The number of hydrogen-bond donors (Lipinski definition) is 0. The molecular formula is C18H21F3N2O3S. The Labute approximate surface area is 159 Å². The van der Waals surface area contributed by atoms with E-state index >= 15 is 0 Å². The van der Waals surface area contributed by atoms with Crippen molar-refractivity contribution in [3.63, 3.8) is 0 Å². The Hall–Kier alpha value is -2.13. The standard InChI is InChI=1S/C18H21F3N2O3S/c1-12(8-25-3)23(11-18(19,20)21)17(24)14-5-4-6-16(7-14)26-9-15-10-27-13(2)22-15/h4-7,10,12H,8-9,11H2,1-3H3. The normalized spacial score (nSPS) is 12.7. The van der Waals surface area contributed by atoms with E-state index in [4.69, 9.17) is 9.47 Å². The zero-order valence-electron chi connectivity index (χ0n) is 15.2. The van der Waals surface area contributed by atoms with Crippen LogP contribution in [0.25, 0.3) is 0 Å². The summed E-state index contributed by atoms with van der Waals surface area (Å²) in [5.74, 6) is -0.343. The number of ether oxygens (including phenoxy) is 2. The summed E-state index contributed by atoms with van der Waals surface area (Å²) >= 11 is 1.49. The topological polar surface area (TPSA) is 51.7 Å². The molecule has 0 aliphatic rings. The molecule has 9 heteroatoms. The summed E-state index contributed by atoms with van der Waals surface area (Å²) in [6.07, 6.45) is -4.51. The first-order valence-corrected chi connectivity index (χ1v) is 9.08. The Morgan fingerprint density at radius 1 is 1.37 bits per heavy atom. The summed E-state index contributed by atoms with van der Waals surface area (Å²) in [5, 5.41) is 2.77. The van der Waals surface area contributed by atoms with E-state index < -0.39 is 24.7 Å². The number of rotatable bonds is 8. The number of nitrogens with zero attached hydrogens (tertiary/aromatic N) is 2. The molecule has 1 amide bonds. The zero-order chi connectivity index (χ0) is 20.0. The van der Waals surface area contributed by atoms with Crippen molar-refractivity contribution in [2.45, 2.75) is 32.7 Å². The molecular weight excluding hydrogens is 381 g/mol. The summed E-state index contributed by atoms with van der Waals surface area (Å²) in [4.78, 5) is 17.7. The van der Waals surface area contributed by atoms with Crippen LogP contribution in [0.15, 0.2) is 29.6 Å². The van der Waals surface area contributed by atoms with E-state index in [2.05, 4.69) is 4.98 Å². The summed E-state index contributed by atoms with van der Waals surface area (Å²) in [7, 11) is 1.38. The highest BCUT2D eigenvalue weighted by atomic mass is 32.1. The highest BCUT2D eigenvalue weighted by Crippen LogP contribution is 2.22. The monoisotopic (exact) mass is 402 g/mol. The Morgan fingerprint density at radius 2 is 2.11 bits per heavy atom.